The van der Waals surface area contributed by atoms with E-state index in [4.69, 9.17) is 4.74 Å². The van der Waals surface area contributed by atoms with Gasteiger partial charge in [-0.2, -0.15) is 0 Å². The van der Waals surface area contributed by atoms with E-state index >= 15 is 0 Å². The lowest BCUT2D eigenvalue weighted by atomic mass is 9.86. The third-order valence-corrected chi connectivity index (χ3v) is 3.32. The van der Waals surface area contributed by atoms with Gasteiger partial charge < -0.3 is 15.0 Å². The standard InChI is InChI=1S/C11H22N2O/c1-2-14-4-3-13-8-10-5-11(9-13)7-12-6-10/h10-12H,2-9H2,1H3. The molecule has 0 aliphatic carbocycles. The Bertz CT molecular complexity index is 163. The van der Waals surface area contributed by atoms with Crippen molar-refractivity contribution in [2.24, 2.45) is 11.8 Å². The first-order valence-electron chi connectivity index (χ1n) is 5.89. The molecule has 0 saturated carbocycles. The number of rotatable bonds is 4. The summed E-state index contributed by atoms with van der Waals surface area (Å²) in [5.74, 6) is 1.79. The Kier molecular flexibility index (Phi) is 3.79. The molecule has 2 rings (SSSR count). The average molecular weight is 198 g/mol. The smallest absolute Gasteiger partial charge is 0.0593 e. The zero-order valence-electron chi connectivity index (χ0n) is 9.17. The summed E-state index contributed by atoms with van der Waals surface area (Å²) in [6, 6.07) is 0. The summed E-state index contributed by atoms with van der Waals surface area (Å²) >= 11 is 0. The van der Waals surface area contributed by atoms with Crippen LogP contribution >= 0.6 is 0 Å². The van der Waals surface area contributed by atoms with Gasteiger partial charge in [0.15, 0.2) is 0 Å². The summed E-state index contributed by atoms with van der Waals surface area (Å²) in [6.45, 7) is 9.94. The number of likely N-dealkylation sites (tertiary alicyclic amines) is 1. The fourth-order valence-corrected chi connectivity index (χ4v) is 2.73. The lowest BCUT2D eigenvalue weighted by molar-refractivity contribution is 0.0592. The van der Waals surface area contributed by atoms with Gasteiger partial charge >= 0.3 is 0 Å². The minimum Gasteiger partial charge on any atom is -0.380 e. The van der Waals surface area contributed by atoms with Gasteiger partial charge in [0.05, 0.1) is 6.61 Å². The SMILES string of the molecule is CCOCCN1CC2CNCC(C2)C1. The van der Waals surface area contributed by atoms with Crippen molar-refractivity contribution in [3.05, 3.63) is 0 Å². The number of fused-ring (bicyclic) bond motifs is 2. The molecular formula is C11H22N2O. The van der Waals surface area contributed by atoms with Crippen LogP contribution in [0.25, 0.3) is 0 Å². The molecule has 1 N–H and O–H groups in total. The molecule has 2 heterocycles. The Balaban J connectivity index is 1.72. The maximum Gasteiger partial charge on any atom is 0.0593 e. The van der Waals surface area contributed by atoms with Gasteiger partial charge in [0.1, 0.15) is 0 Å². The number of ether oxygens (including phenoxy) is 1. The summed E-state index contributed by atoms with van der Waals surface area (Å²) < 4.78 is 5.40. The molecule has 2 fully saturated rings. The van der Waals surface area contributed by atoms with Crippen LogP contribution in [0.2, 0.25) is 0 Å². The van der Waals surface area contributed by atoms with E-state index in [0.717, 1.165) is 31.6 Å². The first-order valence-corrected chi connectivity index (χ1v) is 5.89. The van der Waals surface area contributed by atoms with Gasteiger partial charge in [-0.3, -0.25) is 0 Å². The zero-order valence-corrected chi connectivity index (χ0v) is 9.17. The van der Waals surface area contributed by atoms with Crippen LogP contribution in [-0.2, 0) is 4.74 Å². The van der Waals surface area contributed by atoms with Crippen LogP contribution in [0.15, 0.2) is 0 Å². The van der Waals surface area contributed by atoms with Crippen LogP contribution in [-0.4, -0.2) is 50.8 Å². The van der Waals surface area contributed by atoms with Crippen molar-refractivity contribution < 1.29 is 4.74 Å². The fourth-order valence-electron chi connectivity index (χ4n) is 2.73. The molecule has 0 amide bonds. The number of nitrogens with zero attached hydrogens (tertiary/aromatic N) is 1. The Morgan fingerprint density at radius 3 is 2.64 bits per heavy atom. The van der Waals surface area contributed by atoms with E-state index in [1.807, 2.05) is 0 Å². The largest absolute Gasteiger partial charge is 0.380 e. The summed E-state index contributed by atoms with van der Waals surface area (Å²) in [5.41, 5.74) is 0. The van der Waals surface area contributed by atoms with Gasteiger partial charge in [0.25, 0.3) is 0 Å². The number of hydrogen-bond donors (Lipinski definition) is 1. The van der Waals surface area contributed by atoms with E-state index in [9.17, 15) is 0 Å². The average Bonchev–Trinajstić information content (AvgIpc) is 2.18. The van der Waals surface area contributed by atoms with Crippen molar-refractivity contribution in [2.75, 3.05) is 45.9 Å². The normalized spacial score (nSPS) is 33.2. The highest BCUT2D eigenvalue weighted by Gasteiger charge is 2.29. The molecule has 14 heavy (non-hydrogen) atoms. The van der Waals surface area contributed by atoms with Crippen LogP contribution < -0.4 is 5.32 Å². The van der Waals surface area contributed by atoms with Crippen molar-refractivity contribution in [3.8, 4) is 0 Å². The maximum atomic E-state index is 5.40. The highest BCUT2D eigenvalue weighted by Crippen LogP contribution is 2.23. The third kappa shape index (κ3) is 2.69. The van der Waals surface area contributed by atoms with Gasteiger partial charge in [-0.25, -0.2) is 0 Å². The molecule has 2 bridgehead atoms. The van der Waals surface area contributed by atoms with E-state index in [-0.39, 0.29) is 0 Å². The van der Waals surface area contributed by atoms with Crippen LogP contribution in [0.1, 0.15) is 13.3 Å². The molecule has 0 aromatic heterocycles. The minimum absolute atomic E-state index is 0.849. The first-order chi connectivity index (χ1) is 6.88. The molecule has 2 saturated heterocycles. The first kappa shape index (κ1) is 10.4. The van der Waals surface area contributed by atoms with Gasteiger partial charge in [0, 0.05) is 26.2 Å². The van der Waals surface area contributed by atoms with Crippen LogP contribution in [0.4, 0.5) is 0 Å². The van der Waals surface area contributed by atoms with Gasteiger partial charge in [-0.1, -0.05) is 0 Å². The molecule has 0 aromatic carbocycles. The molecule has 0 radical (unpaired) electrons. The van der Waals surface area contributed by atoms with E-state index < -0.39 is 0 Å². The number of nitrogens with one attached hydrogen (secondary N) is 1. The molecule has 2 aliphatic rings. The molecular weight excluding hydrogens is 176 g/mol. The highest BCUT2D eigenvalue weighted by molar-refractivity contribution is 4.85. The van der Waals surface area contributed by atoms with Gasteiger partial charge in [-0.15, -0.1) is 0 Å². The predicted molar refractivity (Wildman–Crippen MR) is 57.4 cm³/mol. The van der Waals surface area contributed by atoms with E-state index in [2.05, 4.69) is 17.1 Å². The zero-order chi connectivity index (χ0) is 9.80. The molecule has 82 valence electrons. The number of piperidine rings is 2. The second-order valence-electron chi connectivity index (χ2n) is 4.58. The number of hydrogen-bond acceptors (Lipinski definition) is 3. The van der Waals surface area contributed by atoms with Crippen molar-refractivity contribution in [1.29, 1.82) is 0 Å². The fraction of sp³-hybridized carbons (Fsp3) is 1.00. The van der Waals surface area contributed by atoms with Crippen molar-refractivity contribution >= 4 is 0 Å². The van der Waals surface area contributed by atoms with Gasteiger partial charge in [0.2, 0.25) is 0 Å². The lowest BCUT2D eigenvalue weighted by Crippen LogP contribution is -2.51. The van der Waals surface area contributed by atoms with Crippen molar-refractivity contribution in [3.63, 3.8) is 0 Å². The van der Waals surface area contributed by atoms with E-state index in [1.54, 1.807) is 0 Å². The summed E-state index contributed by atoms with van der Waals surface area (Å²) in [4.78, 5) is 2.58. The summed E-state index contributed by atoms with van der Waals surface area (Å²) in [6.07, 6.45) is 1.44. The molecule has 2 unspecified atom stereocenters. The Labute approximate surface area is 86.8 Å². The summed E-state index contributed by atoms with van der Waals surface area (Å²) in [7, 11) is 0. The van der Waals surface area contributed by atoms with Crippen molar-refractivity contribution in [2.45, 2.75) is 13.3 Å². The lowest BCUT2D eigenvalue weighted by Gasteiger charge is -2.41. The second kappa shape index (κ2) is 5.10. The predicted octanol–water partition coefficient (Wildman–Crippen LogP) is 0.564. The summed E-state index contributed by atoms with van der Waals surface area (Å²) in [5, 5.41) is 3.52. The Morgan fingerprint density at radius 2 is 2.00 bits per heavy atom. The van der Waals surface area contributed by atoms with Crippen molar-refractivity contribution in [1.82, 2.24) is 10.2 Å². The van der Waals surface area contributed by atoms with Crippen LogP contribution in [0, 0.1) is 11.8 Å². The molecule has 2 aliphatic heterocycles. The topological polar surface area (TPSA) is 24.5 Å². The second-order valence-corrected chi connectivity index (χ2v) is 4.58. The molecule has 3 nitrogen and oxygen atoms in total. The molecule has 3 heteroatoms. The van der Waals surface area contributed by atoms with E-state index in [0.29, 0.717) is 0 Å². The third-order valence-electron chi connectivity index (χ3n) is 3.32. The Hall–Kier alpha value is -0.120. The molecule has 2 atom stereocenters. The van der Waals surface area contributed by atoms with Crippen LogP contribution in [0.3, 0.4) is 0 Å². The monoisotopic (exact) mass is 198 g/mol. The Morgan fingerprint density at radius 1 is 1.29 bits per heavy atom. The van der Waals surface area contributed by atoms with Crippen LogP contribution in [0.5, 0.6) is 0 Å². The maximum absolute atomic E-state index is 5.40. The van der Waals surface area contributed by atoms with Gasteiger partial charge in [-0.05, 0) is 38.3 Å². The highest BCUT2D eigenvalue weighted by atomic mass is 16.5. The van der Waals surface area contributed by atoms with E-state index in [1.165, 1.54) is 32.6 Å². The molecule has 0 aromatic rings. The molecule has 0 spiro atoms. The quantitative estimate of drug-likeness (QED) is 0.668. The minimum atomic E-state index is 0.849.